The molecule has 0 N–H and O–H groups in total. The van der Waals surface area contributed by atoms with Crippen LogP contribution in [0.2, 0.25) is 5.02 Å². The third kappa shape index (κ3) is 4.30. The van der Waals surface area contributed by atoms with Crippen molar-refractivity contribution >= 4 is 23.2 Å². The topological polar surface area (TPSA) is 41.9 Å². The molecule has 2 aromatic rings. The molecule has 0 radical (unpaired) electrons. The highest BCUT2D eigenvalue weighted by Gasteiger charge is 2.35. The second-order valence-corrected chi connectivity index (χ2v) is 7.47. The maximum absolute atomic E-state index is 13.1. The van der Waals surface area contributed by atoms with Crippen LogP contribution in [0.1, 0.15) is 30.4 Å². The van der Waals surface area contributed by atoms with Crippen molar-refractivity contribution in [3.05, 3.63) is 70.5 Å². The average Bonchev–Trinajstić information content (AvgIpc) is 3.42. The van der Waals surface area contributed by atoms with E-state index in [1.54, 1.807) is 12.1 Å². The van der Waals surface area contributed by atoms with E-state index < -0.39 is 0 Å². The quantitative estimate of drug-likeness (QED) is 0.737. The summed E-state index contributed by atoms with van der Waals surface area (Å²) in [6.45, 7) is 0.912. The van der Waals surface area contributed by atoms with Crippen molar-refractivity contribution in [3.63, 3.8) is 0 Å². The second-order valence-electron chi connectivity index (χ2n) is 7.06. The van der Waals surface area contributed by atoms with E-state index in [0.717, 1.165) is 29.7 Å². The zero-order valence-corrected chi connectivity index (χ0v) is 15.5. The van der Waals surface area contributed by atoms with E-state index >= 15 is 0 Å². The Hall–Kier alpha value is -2.40. The molecule has 1 amide bonds. The van der Waals surface area contributed by atoms with Crippen LogP contribution in [0.3, 0.4) is 0 Å². The molecule has 0 spiro atoms. The average molecular weight is 387 g/mol. The number of halogens is 2. The maximum Gasteiger partial charge on any atom is 0.226 e. The van der Waals surface area contributed by atoms with Crippen LogP contribution in [-0.4, -0.2) is 29.2 Å². The lowest BCUT2D eigenvalue weighted by atomic mass is 10.0. The fourth-order valence-electron chi connectivity index (χ4n) is 3.24. The van der Waals surface area contributed by atoms with Crippen LogP contribution in [0.5, 0.6) is 0 Å². The highest BCUT2D eigenvalue weighted by atomic mass is 35.5. The molecule has 140 valence electrons. The van der Waals surface area contributed by atoms with E-state index in [1.807, 2.05) is 29.2 Å². The molecule has 4 nitrogen and oxygen atoms in total. The first-order chi connectivity index (χ1) is 13.1. The van der Waals surface area contributed by atoms with E-state index in [1.165, 1.54) is 12.1 Å². The third-order valence-corrected chi connectivity index (χ3v) is 5.26. The molecule has 1 atom stereocenters. The number of carbonyl (C=O) groups excluding carboxylic acids is 1. The van der Waals surface area contributed by atoms with Gasteiger partial charge in [-0.05, 0) is 42.2 Å². The number of hydrogen-bond acceptors (Lipinski definition) is 3. The Morgan fingerprint density at radius 1 is 1.19 bits per heavy atom. The summed E-state index contributed by atoms with van der Waals surface area (Å²) in [4.78, 5) is 20.1. The lowest BCUT2D eigenvalue weighted by molar-refractivity contribution is -0.135. The van der Waals surface area contributed by atoms with Gasteiger partial charge in [0.15, 0.2) is 6.10 Å². The molecule has 1 fully saturated rings. The Labute approximate surface area is 162 Å². The van der Waals surface area contributed by atoms with Gasteiger partial charge < -0.3 is 9.74 Å². The summed E-state index contributed by atoms with van der Waals surface area (Å²) in [6, 6.07) is 13.8. The fraction of sp³-hybridized carbons (Fsp3) is 0.333. The van der Waals surface area contributed by atoms with E-state index in [-0.39, 0.29) is 23.7 Å². The predicted molar refractivity (Wildman–Crippen MR) is 102 cm³/mol. The number of nitrogens with zero attached hydrogens (tertiary/aromatic N) is 2. The van der Waals surface area contributed by atoms with Crippen molar-refractivity contribution in [2.75, 3.05) is 6.54 Å². The first kappa shape index (κ1) is 18.0. The van der Waals surface area contributed by atoms with Gasteiger partial charge in [-0.15, -0.1) is 0 Å². The van der Waals surface area contributed by atoms with Crippen LogP contribution < -0.4 is 0 Å². The first-order valence-electron chi connectivity index (χ1n) is 9.11. The van der Waals surface area contributed by atoms with E-state index in [9.17, 15) is 9.18 Å². The number of oxime groups is 1. The van der Waals surface area contributed by atoms with Crippen LogP contribution in [-0.2, 0) is 16.2 Å². The predicted octanol–water partition coefficient (Wildman–Crippen LogP) is 4.41. The van der Waals surface area contributed by atoms with Crippen molar-refractivity contribution in [1.29, 1.82) is 0 Å². The molecule has 6 heteroatoms. The lowest BCUT2D eigenvalue weighted by Gasteiger charge is -2.25. The van der Waals surface area contributed by atoms with Gasteiger partial charge in [0.1, 0.15) is 5.82 Å². The molecule has 1 aliphatic heterocycles. The van der Waals surface area contributed by atoms with Crippen LogP contribution in [0.4, 0.5) is 4.39 Å². The van der Waals surface area contributed by atoms with E-state index in [2.05, 4.69) is 5.16 Å². The van der Waals surface area contributed by atoms with Crippen LogP contribution >= 0.6 is 11.6 Å². The fourth-order valence-corrected chi connectivity index (χ4v) is 3.43. The molecule has 2 aromatic carbocycles. The summed E-state index contributed by atoms with van der Waals surface area (Å²) in [7, 11) is 0. The molecule has 1 saturated carbocycles. The summed E-state index contributed by atoms with van der Waals surface area (Å²) in [6.07, 6.45) is 2.26. The van der Waals surface area contributed by atoms with Crippen LogP contribution in [0, 0.1) is 11.7 Å². The standard InChI is InChI=1S/C21H20ClFN2O2/c22-19-4-2-1-3-16(19)12-25(21(26)15-5-6-15)13-18-11-20(24-27-18)14-7-9-17(23)10-8-14/h1-4,7-10,15,18H,5-6,11-13H2/t18-/m1/s1. The van der Waals surface area contributed by atoms with Gasteiger partial charge in [-0.3, -0.25) is 4.79 Å². The minimum Gasteiger partial charge on any atom is -0.390 e. The molecule has 1 aliphatic carbocycles. The summed E-state index contributed by atoms with van der Waals surface area (Å²) >= 11 is 6.28. The summed E-state index contributed by atoms with van der Waals surface area (Å²) in [5, 5.41) is 4.80. The number of benzene rings is 2. The Bertz CT molecular complexity index is 865. The monoisotopic (exact) mass is 386 g/mol. The number of carbonyl (C=O) groups is 1. The zero-order chi connectivity index (χ0) is 18.8. The smallest absolute Gasteiger partial charge is 0.226 e. The lowest BCUT2D eigenvalue weighted by Crippen LogP contribution is -2.38. The van der Waals surface area contributed by atoms with Gasteiger partial charge in [0, 0.05) is 23.9 Å². The van der Waals surface area contributed by atoms with E-state index in [4.69, 9.17) is 16.4 Å². The van der Waals surface area contributed by atoms with Crippen molar-refractivity contribution in [2.24, 2.45) is 11.1 Å². The zero-order valence-electron chi connectivity index (χ0n) is 14.8. The highest BCUT2D eigenvalue weighted by molar-refractivity contribution is 6.31. The number of hydrogen-bond donors (Lipinski definition) is 0. The molecule has 0 aromatic heterocycles. The minimum absolute atomic E-state index is 0.117. The summed E-state index contributed by atoms with van der Waals surface area (Å²) < 4.78 is 13.1. The Balaban J connectivity index is 1.44. The summed E-state index contributed by atoms with van der Waals surface area (Å²) in [5.74, 6) is -0.0177. The molecule has 1 heterocycles. The largest absolute Gasteiger partial charge is 0.390 e. The Kier molecular flexibility index (Phi) is 5.12. The van der Waals surface area contributed by atoms with Gasteiger partial charge >= 0.3 is 0 Å². The third-order valence-electron chi connectivity index (χ3n) is 4.89. The molecular formula is C21H20ClFN2O2. The van der Waals surface area contributed by atoms with Crippen LogP contribution in [0.15, 0.2) is 53.7 Å². The normalized spacial score (nSPS) is 18.7. The molecule has 0 saturated heterocycles. The van der Waals surface area contributed by atoms with Gasteiger partial charge in [-0.2, -0.15) is 0 Å². The second kappa shape index (κ2) is 7.69. The van der Waals surface area contributed by atoms with Crippen LogP contribution in [0.25, 0.3) is 0 Å². The SMILES string of the molecule is O=C(C1CC1)N(Cc1ccccc1Cl)C[C@H]1CC(c2ccc(F)cc2)=NO1. The van der Waals surface area contributed by atoms with Crippen molar-refractivity contribution in [2.45, 2.75) is 31.9 Å². The Morgan fingerprint density at radius 2 is 1.93 bits per heavy atom. The van der Waals surface area contributed by atoms with Crippen molar-refractivity contribution in [3.8, 4) is 0 Å². The van der Waals surface area contributed by atoms with E-state index in [0.29, 0.717) is 24.5 Å². The first-order valence-corrected chi connectivity index (χ1v) is 9.49. The Morgan fingerprint density at radius 3 is 2.63 bits per heavy atom. The van der Waals surface area contributed by atoms with Gasteiger partial charge in [0.05, 0.1) is 12.3 Å². The minimum atomic E-state index is -0.282. The molecule has 0 bridgehead atoms. The summed E-state index contributed by atoms with van der Waals surface area (Å²) in [5.41, 5.74) is 2.53. The molecule has 2 aliphatic rings. The molecular weight excluding hydrogens is 367 g/mol. The molecule has 0 unspecified atom stereocenters. The van der Waals surface area contributed by atoms with Gasteiger partial charge in [-0.25, -0.2) is 4.39 Å². The number of rotatable bonds is 6. The van der Waals surface area contributed by atoms with Gasteiger partial charge in [0.25, 0.3) is 0 Å². The van der Waals surface area contributed by atoms with Crippen molar-refractivity contribution < 1.29 is 14.0 Å². The maximum atomic E-state index is 13.1. The molecule has 27 heavy (non-hydrogen) atoms. The van der Waals surface area contributed by atoms with Gasteiger partial charge in [0.2, 0.25) is 5.91 Å². The van der Waals surface area contributed by atoms with Crippen molar-refractivity contribution in [1.82, 2.24) is 4.90 Å². The number of amides is 1. The van der Waals surface area contributed by atoms with Gasteiger partial charge in [-0.1, -0.05) is 47.1 Å². The molecule has 4 rings (SSSR count). The highest BCUT2D eigenvalue weighted by Crippen LogP contribution is 2.32.